The summed E-state index contributed by atoms with van der Waals surface area (Å²) in [4.78, 5) is 42.7. The summed E-state index contributed by atoms with van der Waals surface area (Å²) in [7, 11) is 1.99. The molecule has 1 aromatic carbocycles. The van der Waals surface area contributed by atoms with Gasteiger partial charge in [0.1, 0.15) is 12.1 Å². The summed E-state index contributed by atoms with van der Waals surface area (Å²) in [5, 5.41) is 6.27. The number of halogens is 2. The molecule has 0 spiro atoms. The van der Waals surface area contributed by atoms with E-state index in [2.05, 4.69) is 31.5 Å². The molecule has 33 heavy (non-hydrogen) atoms. The Bertz CT molecular complexity index is 1070. The summed E-state index contributed by atoms with van der Waals surface area (Å²) in [6, 6.07) is 8.59. The minimum atomic E-state index is -1.04. The van der Waals surface area contributed by atoms with E-state index in [-0.39, 0.29) is 24.3 Å². The molecule has 176 valence electrons. The van der Waals surface area contributed by atoms with Crippen molar-refractivity contribution in [3.63, 3.8) is 0 Å². The summed E-state index contributed by atoms with van der Waals surface area (Å²) >= 11 is 11.1. The topological polar surface area (TPSA) is 91.0 Å². The first-order chi connectivity index (χ1) is 15.8. The maximum Gasteiger partial charge on any atom is 0.262 e. The third kappa shape index (κ3) is 5.41. The van der Waals surface area contributed by atoms with Crippen molar-refractivity contribution in [3.05, 3.63) is 44.0 Å². The molecule has 2 saturated heterocycles. The lowest BCUT2D eigenvalue weighted by atomic mass is 9.86. The molecule has 3 heterocycles. The predicted octanol–water partition coefficient (Wildman–Crippen LogP) is 3.36. The summed E-state index contributed by atoms with van der Waals surface area (Å²) in [5.41, 5.74) is 0.0418. The van der Waals surface area contributed by atoms with Gasteiger partial charge in [-0.3, -0.25) is 14.4 Å². The molecular formula is C22H24BrClN4O4S. The van der Waals surface area contributed by atoms with E-state index in [4.69, 9.17) is 16.3 Å². The monoisotopic (exact) mass is 554 g/mol. The lowest BCUT2D eigenvalue weighted by Crippen LogP contribution is -2.61. The fourth-order valence-corrected chi connectivity index (χ4v) is 5.52. The molecule has 2 fully saturated rings. The van der Waals surface area contributed by atoms with Gasteiger partial charge in [-0.2, -0.15) is 0 Å². The molecule has 1 aromatic heterocycles. The molecule has 2 aromatic rings. The maximum atomic E-state index is 13.4. The molecule has 2 aliphatic heterocycles. The van der Waals surface area contributed by atoms with Crippen LogP contribution in [0.3, 0.4) is 0 Å². The van der Waals surface area contributed by atoms with Gasteiger partial charge in [-0.15, -0.1) is 11.3 Å². The second-order valence-corrected chi connectivity index (χ2v) is 11.0. The Morgan fingerprint density at radius 2 is 1.94 bits per heavy atom. The highest BCUT2D eigenvalue weighted by Crippen LogP contribution is 2.31. The standard InChI is InChI=1S/C22H24BrClN4O4S/c1-27-8-6-22(7-9-27,26-20(30)17-4-5-18(23)33-17)21(31)25-14-2-3-16(15(24)12-14)28-10-11-32-13-19(28)29/h2-5,12H,6-11,13H2,1H3,(H,25,31)(H,26,30). The predicted molar refractivity (Wildman–Crippen MR) is 132 cm³/mol. The summed E-state index contributed by atoms with van der Waals surface area (Å²) < 4.78 is 6.02. The number of nitrogens with zero attached hydrogens (tertiary/aromatic N) is 2. The van der Waals surface area contributed by atoms with Crippen LogP contribution in [-0.2, 0) is 14.3 Å². The van der Waals surface area contributed by atoms with Gasteiger partial charge < -0.3 is 25.2 Å². The first kappa shape index (κ1) is 24.2. The number of piperidine rings is 1. The number of nitrogens with one attached hydrogen (secondary N) is 2. The van der Waals surface area contributed by atoms with Gasteiger partial charge in [-0.05, 0) is 66.2 Å². The lowest BCUT2D eigenvalue weighted by molar-refractivity contribution is -0.126. The number of rotatable bonds is 5. The molecule has 4 rings (SSSR count). The SMILES string of the molecule is CN1CCC(NC(=O)c2ccc(Br)s2)(C(=O)Nc2ccc(N3CCOCC3=O)c(Cl)c2)CC1. The molecule has 3 amide bonds. The van der Waals surface area contributed by atoms with Crippen LogP contribution < -0.4 is 15.5 Å². The van der Waals surface area contributed by atoms with E-state index in [9.17, 15) is 14.4 Å². The van der Waals surface area contributed by atoms with Gasteiger partial charge in [0, 0.05) is 25.3 Å². The minimum absolute atomic E-state index is 0.0201. The van der Waals surface area contributed by atoms with Crippen LogP contribution in [0.5, 0.6) is 0 Å². The van der Waals surface area contributed by atoms with Gasteiger partial charge in [0.15, 0.2) is 0 Å². The van der Waals surface area contributed by atoms with Gasteiger partial charge >= 0.3 is 0 Å². The normalized spacial score (nSPS) is 18.8. The summed E-state index contributed by atoms with van der Waals surface area (Å²) in [6.07, 6.45) is 0.976. The van der Waals surface area contributed by atoms with Crippen LogP contribution in [0.15, 0.2) is 34.1 Å². The lowest BCUT2D eigenvalue weighted by Gasteiger charge is -2.39. The maximum absolute atomic E-state index is 13.4. The molecule has 0 bridgehead atoms. The Labute approximate surface area is 209 Å². The highest BCUT2D eigenvalue weighted by atomic mass is 79.9. The number of carbonyl (C=O) groups is 3. The van der Waals surface area contributed by atoms with Crippen molar-refractivity contribution in [2.24, 2.45) is 0 Å². The van der Waals surface area contributed by atoms with E-state index >= 15 is 0 Å². The number of benzene rings is 1. The van der Waals surface area contributed by atoms with Crippen LogP contribution in [0.1, 0.15) is 22.5 Å². The number of amides is 3. The van der Waals surface area contributed by atoms with Crippen molar-refractivity contribution in [3.8, 4) is 0 Å². The van der Waals surface area contributed by atoms with Crippen LogP contribution in [0.2, 0.25) is 5.02 Å². The average molecular weight is 556 g/mol. The number of anilines is 2. The zero-order chi connectivity index (χ0) is 23.6. The minimum Gasteiger partial charge on any atom is -0.370 e. The molecule has 0 radical (unpaired) electrons. The van der Waals surface area contributed by atoms with Crippen molar-refractivity contribution in [2.75, 3.05) is 50.1 Å². The van der Waals surface area contributed by atoms with Crippen molar-refractivity contribution in [1.82, 2.24) is 10.2 Å². The zero-order valence-electron chi connectivity index (χ0n) is 18.0. The van der Waals surface area contributed by atoms with Crippen LogP contribution in [0, 0.1) is 0 Å². The molecule has 0 atom stereocenters. The summed E-state index contributed by atoms with van der Waals surface area (Å²) in [5.74, 6) is -0.719. The third-order valence-electron chi connectivity index (χ3n) is 5.91. The van der Waals surface area contributed by atoms with Gasteiger partial charge in [0.25, 0.3) is 11.8 Å². The number of hydrogen-bond donors (Lipinski definition) is 2. The Balaban J connectivity index is 1.52. The first-order valence-corrected chi connectivity index (χ1v) is 12.5. The van der Waals surface area contributed by atoms with Crippen molar-refractivity contribution in [1.29, 1.82) is 0 Å². The summed E-state index contributed by atoms with van der Waals surface area (Å²) in [6.45, 7) is 2.25. The molecule has 2 aliphatic rings. The average Bonchev–Trinajstić information content (AvgIpc) is 3.23. The Hall–Kier alpha value is -1.98. The molecule has 0 saturated carbocycles. The first-order valence-electron chi connectivity index (χ1n) is 10.5. The van der Waals surface area contributed by atoms with E-state index in [1.807, 2.05) is 13.1 Å². The molecule has 11 heteroatoms. The van der Waals surface area contributed by atoms with Gasteiger partial charge in [0.05, 0.1) is 26.0 Å². The molecule has 0 aliphatic carbocycles. The Morgan fingerprint density at radius 3 is 2.58 bits per heavy atom. The van der Waals surface area contributed by atoms with Crippen molar-refractivity contribution < 1.29 is 19.1 Å². The van der Waals surface area contributed by atoms with E-state index in [1.54, 1.807) is 29.2 Å². The van der Waals surface area contributed by atoms with Gasteiger partial charge in [-0.1, -0.05) is 11.6 Å². The Morgan fingerprint density at radius 1 is 1.18 bits per heavy atom. The number of likely N-dealkylation sites (tertiary alicyclic amines) is 1. The quantitative estimate of drug-likeness (QED) is 0.591. The van der Waals surface area contributed by atoms with E-state index in [0.29, 0.717) is 60.4 Å². The van der Waals surface area contributed by atoms with E-state index < -0.39 is 5.54 Å². The van der Waals surface area contributed by atoms with Crippen molar-refractivity contribution >= 4 is 68.0 Å². The number of hydrogen-bond acceptors (Lipinski definition) is 6. The zero-order valence-corrected chi connectivity index (χ0v) is 21.2. The fraction of sp³-hybridized carbons (Fsp3) is 0.409. The van der Waals surface area contributed by atoms with Crippen molar-refractivity contribution in [2.45, 2.75) is 18.4 Å². The molecule has 2 N–H and O–H groups in total. The molecule has 8 nitrogen and oxygen atoms in total. The largest absolute Gasteiger partial charge is 0.370 e. The highest BCUT2D eigenvalue weighted by Gasteiger charge is 2.42. The number of morpholine rings is 1. The molecular weight excluding hydrogens is 532 g/mol. The van der Waals surface area contributed by atoms with Crippen LogP contribution >= 0.6 is 38.9 Å². The fourth-order valence-electron chi connectivity index (χ4n) is 3.95. The van der Waals surface area contributed by atoms with E-state index in [1.165, 1.54) is 11.3 Å². The van der Waals surface area contributed by atoms with Gasteiger partial charge in [0.2, 0.25) is 5.91 Å². The van der Waals surface area contributed by atoms with Crippen LogP contribution in [0.4, 0.5) is 11.4 Å². The smallest absolute Gasteiger partial charge is 0.262 e. The third-order valence-corrected chi connectivity index (χ3v) is 7.83. The second-order valence-electron chi connectivity index (χ2n) is 8.16. The van der Waals surface area contributed by atoms with E-state index in [0.717, 1.165) is 3.79 Å². The number of carbonyl (C=O) groups excluding carboxylic acids is 3. The second kappa shape index (κ2) is 10.1. The van der Waals surface area contributed by atoms with Gasteiger partial charge in [-0.25, -0.2) is 0 Å². The number of thiophene rings is 1. The highest BCUT2D eigenvalue weighted by molar-refractivity contribution is 9.11. The van der Waals surface area contributed by atoms with Crippen LogP contribution in [-0.4, -0.2) is 68.1 Å². The molecule has 0 unspecified atom stereocenters. The number of ether oxygens (including phenoxy) is 1. The Kier molecular flexibility index (Phi) is 7.40. The van der Waals surface area contributed by atoms with Crippen LogP contribution in [0.25, 0.3) is 0 Å².